The van der Waals surface area contributed by atoms with Crippen molar-refractivity contribution in [3.8, 4) is 11.8 Å². The van der Waals surface area contributed by atoms with Gasteiger partial charge in [-0.1, -0.05) is 73.0 Å². The van der Waals surface area contributed by atoms with Crippen LogP contribution in [-0.2, 0) is 11.4 Å². The van der Waals surface area contributed by atoms with Crippen LogP contribution >= 0.6 is 11.6 Å². The van der Waals surface area contributed by atoms with Crippen LogP contribution in [0.15, 0.2) is 66.2 Å². The Labute approximate surface area is 187 Å². The van der Waals surface area contributed by atoms with Gasteiger partial charge in [-0.15, -0.1) is 0 Å². The van der Waals surface area contributed by atoms with Crippen molar-refractivity contribution in [1.29, 1.82) is 5.26 Å². The fraction of sp³-hybridized carbons (Fsp3) is 0.231. The van der Waals surface area contributed by atoms with Crippen molar-refractivity contribution < 1.29 is 9.53 Å². The Morgan fingerprint density at radius 1 is 1.10 bits per heavy atom. The molecule has 0 spiro atoms. The summed E-state index contributed by atoms with van der Waals surface area (Å²) in [5.74, 6) is 0.263. The van der Waals surface area contributed by atoms with Crippen molar-refractivity contribution in [3.63, 3.8) is 0 Å². The molecule has 3 aromatic carbocycles. The van der Waals surface area contributed by atoms with Crippen LogP contribution in [0.5, 0.6) is 5.75 Å². The molecule has 31 heavy (non-hydrogen) atoms. The highest BCUT2D eigenvalue weighted by molar-refractivity contribution is 6.31. The molecule has 0 saturated heterocycles. The fourth-order valence-corrected chi connectivity index (χ4v) is 4.14. The quantitative estimate of drug-likeness (QED) is 0.383. The van der Waals surface area contributed by atoms with Gasteiger partial charge in [0, 0.05) is 22.2 Å². The van der Waals surface area contributed by atoms with E-state index in [-0.39, 0.29) is 24.1 Å². The molecule has 0 bridgehead atoms. The van der Waals surface area contributed by atoms with Gasteiger partial charge in [0.05, 0.1) is 0 Å². The van der Waals surface area contributed by atoms with Crippen molar-refractivity contribution in [1.82, 2.24) is 5.32 Å². The Morgan fingerprint density at radius 3 is 2.61 bits per heavy atom. The third-order valence-corrected chi connectivity index (χ3v) is 5.98. The normalized spacial score (nSPS) is 14.4. The Balaban J connectivity index is 1.69. The number of carbonyl (C=O) groups excluding carboxylic acids is 1. The molecular weight excluding hydrogens is 408 g/mol. The van der Waals surface area contributed by atoms with Crippen molar-refractivity contribution in [2.45, 2.75) is 38.3 Å². The summed E-state index contributed by atoms with van der Waals surface area (Å²) in [5, 5.41) is 15.3. The number of ether oxygens (including phenoxy) is 1. The lowest BCUT2D eigenvalue weighted by molar-refractivity contribution is -0.117. The monoisotopic (exact) mass is 430 g/mol. The van der Waals surface area contributed by atoms with Crippen LogP contribution in [0.2, 0.25) is 5.02 Å². The second-order valence-electron chi connectivity index (χ2n) is 7.70. The summed E-state index contributed by atoms with van der Waals surface area (Å²) in [5.41, 5.74) is 1.65. The van der Waals surface area contributed by atoms with E-state index in [4.69, 9.17) is 16.3 Å². The zero-order valence-electron chi connectivity index (χ0n) is 17.1. The van der Waals surface area contributed by atoms with Crippen molar-refractivity contribution >= 4 is 34.4 Å². The molecule has 0 radical (unpaired) electrons. The van der Waals surface area contributed by atoms with Gasteiger partial charge >= 0.3 is 0 Å². The van der Waals surface area contributed by atoms with Gasteiger partial charge in [0.2, 0.25) is 0 Å². The molecule has 0 aliphatic heterocycles. The predicted octanol–water partition coefficient (Wildman–Crippen LogP) is 6.04. The third kappa shape index (κ3) is 4.90. The molecule has 3 aromatic rings. The van der Waals surface area contributed by atoms with Gasteiger partial charge in [-0.25, -0.2) is 0 Å². The Hall–Kier alpha value is -3.29. The first-order valence-corrected chi connectivity index (χ1v) is 10.8. The average molecular weight is 431 g/mol. The molecule has 0 aromatic heterocycles. The number of fused-ring (bicyclic) bond motifs is 1. The van der Waals surface area contributed by atoms with E-state index in [0.717, 1.165) is 42.0 Å². The number of nitriles is 1. The zero-order chi connectivity index (χ0) is 21.6. The van der Waals surface area contributed by atoms with E-state index in [1.807, 2.05) is 60.7 Å². The molecule has 5 heteroatoms. The molecule has 0 atom stereocenters. The van der Waals surface area contributed by atoms with Gasteiger partial charge in [-0.2, -0.15) is 5.26 Å². The van der Waals surface area contributed by atoms with E-state index in [1.54, 1.807) is 6.08 Å². The smallest absolute Gasteiger partial charge is 0.262 e. The van der Waals surface area contributed by atoms with Gasteiger partial charge in [-0.05, 0) is 41.8 Å². The second kappa shape index (κ2) is 9.68. The second-order valence-corrected chi connectivity index (χ2v) is 8.11. The first kappa shape index (κ1) is 21.0. The van der Waals surface area contributed by atoms with Crippen LogP contribution in [0.4, 0.5) is 0 Å². The minimum atomic E-state index is -0.334. The molecule has 156 valence electrons. The number of carbonyl (C=O) groups is 1. The third-order valence-electron chi connectivity index (χ3n) is 5.62. The zero-order valence-corrected chi connectivity index (χ0v) is 17.9. The maximum atomic E-state index is 12.7. The van der Waals surface area contributed by atoms with Crippen LogP contribution in [0.1, 0.15) is 36.8 Å². The van der Waals surface area contributed by atoms with E-state index >= 15 is 0 Å². The molecule has 1 N–H and O–H groups in total. The number of hydrogen-bond acceptors (Lipinski definition) is 3. The van der Waals surface area contributed by atoms with Gasteiger partial charge in [0.15, 0.2) is 0 Å². The van der Waals surface area contributed by atoms with E-state index in [9.17, 15) is 10.1 Å². The largest absolute Gasteiger partial charge is 0.488 e. The molecule has 1 amide bonds. The highest BCUT2D eigenvalue weighted by Crippen LogP contribution is 2.31. The van der Waals surface area contributed by atoms with E-state index in [1.165, 1.54) is 0 Å². The Bertz CT molecular complexity index is 1170. The summed E-state index contributed by atoms with van der Waals surface area (Å²) in [6.45, 7) is 0.287. The molecule has 4 nitrogen and oxygen atoms in total. The topological polar surface area (TPSA) is 62.1 Å². The summed E-state index contributed by atoms with van der Waals surface area (Å²) in [6, 6.07) is 21.4. The highest BCUT2D eigenvalue weighted by Gasteiger charge is 2.20. The molecule has 0 unspecified atom stereocenters. The van der Waals surface area contributed by atoms with Crippen LogP contribution in [-0.4, -0.2) is 11.9 Å². The first-order valence-electron chi connectivity index (χ1n) is 10.5. The SMILES string of the molecule is N#C/C(=C/c1c(OCc2ccccc2Cl)ccc2ccccc12)C(=O)NC1CCCC1. The molecule has 1 fully saturated rings. The molecule has 4 rings (SSSR count). The average Bonchev–Trinajstić information content (AvgIpc) is 3.30. The number of rotatable bonds is 6. The molecule has 1 saturated carbocycles. The van der Waals surface area contributed by atoms with Crippen molar-refractivity contribution in [3.05, 3.63) is 82.4 Å². The predicted molar refractivity (Wildman–Crippen MR) is 124 cm³/mol. The summed E-state index contributed by atoms with van der Waals surface area (Å²) >= 11 is 6.27. The summed E-state index contributed by atoms with van der Waals surface area (Å²) < 4.78 is 6.10. The summed E-state index contributed by atoms with van der Waals surface area (Å²) in [6.07, 6.45) is 5.78. The summed E-state index contributed by atoms with van der Waals surface area (Å²) in [4.78, 5) is 12.7. The van der Waals surface area contributed by atoms with Gasteiger partial charge < -0.3 is 10.1 Å². The van der Waals surface area contributed by atoms with Crippen LogP contribution in [0.25, 0.3) is 16.8 Å². The minimum Gasteiger partial charge on any atom is -0.488 e. The number of hydrogen-bond donors (Lipinski definition) is 1. The van der Waals surface area contributed by atoms with E-state index < -0.39 is 0 Å². The Morgan fingerprint density at radius 2 is 1.84 bits per heavy atom. The molecule has 1 aliphatic carbocycles. The van der Waals surface area contributed by atoms with Gasteiger partial charge in [0.25, 0.3) is 5.91 Å². The Kier molecular flexibility index (Phi) is 6.54. The number of nitrogens with one attached hydrogen (secondary N) is 1. The lowest BCUT2D eigenvalue weighted by atomic mass is 10.0. The number of halogens is 1. The van der Waals surface area contributed by atoms with Crippen LogP contribution in [0.3, 0.4) is 0 Å². The highest BCUT2D eigenvalue weighted by atomic mass is 35.5. The lowest BCUT2D eigenvalue weighted by Gasteiger charge is -2.14. The number of amides is 1. The lowest BCUT2D eigenvalue weighted by Crippen LogP contribution is -2.33. The van der Waals surface area contributed by atoms with E-state index in [0.29, 0.717) is 16.3 Å². The van der Waals surface area contributed by atoms with Crippen LogP contribution in [0, 0.1) is 11.3 Å². The first-order chi connectivity index (χ1) is 15.2. The maximum Gasteiger partial charge on any atom is 0.262 e. The van der Waals surface area contributed by atoms with Gasteiger partial charge in [0.1, 0.15) is 24.0 Å². The number of nitrogens with zero attached hydrogens (tertiary/aromatic N) is 1. The number of benzene rings is 3. The van der Waals surface area contributed by atoms with E-state index in [2.05, 4.69) is 11.4 Å². The molecular formula is C26H23ClN2O2. The minimum absolute atomic E-state index is 0.0749. The van der Waals surface area contributed by atoms with Crippen molar-refractivity contribution in [2.24, 2.45) is 0 Å². The fourth-order valence-electron chi connectivity index (χ4n) is 3.95. The standard InChI is InChI=1S/C26H23ClN2O2/c27-24-12-6-2-8-19(24)17-31-25-14-13-18-7-1-5-11-22(18)23(25)15-20(16-28)26(30)29-21-9-3-4-10-21/h1-2,5-8,11-15,21H,3-4,9-10,17H2,(H,29,30)/b20-15-. The summed E-state index contributed by atoms with van der Waals surface area (Å²) in [7, 11) is 0. The van der Waals surface area contributed by atoms with Crippen molar-refractivity contribution in [2.75, 3.05) is 0 Å². The van der Waals surface area contributed by atoms with Gasteiger partial charge in [-0.3, -0.25) is 4.79 Å². The molecule has 0 heterocycles. The van der Waals surface area contributed by atoms with Crippen LogP contribution < -0.4 is 10.1 Å². The maximum absolute atomic E-state index is 12.7. The molecule has 1 aliphatic rings.